The molecule has 0 heterocycles. The Kier molecular flexibility index (Phi) is 10.5. The van der Waals surface area contributed by atoms with Crippen LogP contribution < -0.4 is 9.62 Å². The fourth-order valence-electron chi connectivity index (χ4n) is 3.15. The Morgan fingerprint density at radius 1 is 0.943 bits per heavy atom. The second kappa shape index (κ2) is 12.5. The van der Waals surface area contributed by atoms with E-state index in [0.717, 1.165) is 10.6 Å². The van der Waals surface area contributed by atoms with E-state index in [4.69, 9.17) is 46.4 Å². The molecule has 0 unspecified atom stereocenters. The Hall–Kier alpha value is -1.71. The summed E-state index contributed by atoms with van der Waals surface area (Å²) in [5, 5.41) is 3.90. The van der Waals surface area contributed by atoms with Gasteiger partial charge in [0.1, 0.15) is 12.6 Å². The van der Waals surface area contributed by atoms with Crippen molar-refractivity contribution in [2.45, 2.75) is 33.4 Å². The summed E-state index contributed by atoms with van der Waals surface area (Å²) in [5.41, 5.74) is 0.636. The van der Waals surface area contributed by atoms with Crippen LogP contribution in [0.5, 0.6) is 0 Å². The van der Waals surface area contributed by atoms with E-state index in [1.807, 2.05) is 13.8 Å². The summed E-state index contributed by atoms with van der Waals surface area (Å²) in [7, 11) is -3.92. The van der Waals surface area contributed by atoms with Crippen molar-refractivity contribution in [2.24, 2.45) is 5.92 Å². The Bertz CT molecular complexity index is 1190. The maximum absolute atomic E-state index is 13.5. The standard InChI is InChI=1S/C23H27Cl4N3O4S/c1-14(2)11-28-23(32)15(3)29(12-16-5-6-17(24)9-19(16)26)22(31)13-30(35(4,33)34)21-8-7-18(25)10-20(21)27/h5-10,14-15H,11-13H2,1-4H3,(H,28,32)/t15-/m0/s1. The van der Waals surface area contributed by atoms with Crippen LogP contribution in [-0.4, -0.2) is 50.5 Å². The zero-order valence-electron chi connectivity index (χ0n) is 19.7. The summed E-state index contributed by atoms with van der Waals surface area (Å²) in [5.74, 6) is -0.805. The third kappa shape index (κ3) is 8.43. The lowest BCUT2D eigenvalue weighted by atomic mass is 10.1. The van der Waals surface area contributed by atoms with Gasteiger partial charge < -0.3 is 10.2 Å². The fourth-order valence-corrected chi connectivity index (χ4v) is 5.04. The molecule has 0 aliphatic carbocycles. The third-order valence-corrected chi connectivity index (χ3v) is 7.32. The fraction of sp³-hybridized carbons (Fsp3) is 0.391. The summed E-state index contributed by atoms with van der Waals surface area (Å²) < 4.78 is 26.1. The van der Waals surface area contributed by atoms with Crippen LogP contribution in [0.3, 0.4) is 0 Å². The molecule has 1 atom stereocenters. The molecule has 0 radical (unpaired) electrons. The van der Waals surface area contributed by atoms with Crippen LogP contribution in [0.4, 0.5) is 5.69 Å². The molecule has 0 spiro atoms. The van der Waals surface area contributed by atoms with Crippen LogP contribution in [0.15, 0.2) is 36.4 Å². The van der Waals surface area contributed by atoms with Crippen molar-refractivity contribution in [3.05, 3.63) is 62.1 Å². The summed E-state index contributed by atoms with van der Waals surface area (Å²) in [6.45, 7) is 5.24. The highest BCUT2D eigenvalue weighted by molar-refractivity contribution is 7.92. The molecular formula is C23H27Cl4N3O4S. The van der Waals surface area contributed by atoms with Gasteiger partial charge in [-0.15, -0.1) is 0 Å². The molecule has 0 aromatic heterocycles. The molecule has 7 nitrogen and oxygen atoms in total. The van der Waals surface area contributed by atoms with Crippen molar-refractivity contribution in [2.75, 3.05) is 23.7 Å². The Labute approximate surface area is 226 Å². The van der Waals surface area contributed by atoms with Gasteiger partial charge in [0.15, 0.2) is 0 Å². The van der Waals surface area contributed by atoms with Gasteiger partial charge in [0.2, 0.25) is 21.8 Å². The maximum Gasteiger partial charge on any atom is 0.244 e. The van der Waals surface area contributed by atoms with E-state index < -0.39 is 28.5 Å². The van der Waals surface area contributed by atoms with E-state index in [9.17, 15) is 18.0 Å². The number of benzene rings is 2. The first kappa shape index (κ1) is 29.5. The number of sulfonamides is 1. The highest BCUT2D eigenvalue weighted by atomic mass is 35.5. The molecule has 12 heteroatoms. The van der Waals surface area contributed by atoms with E-state index >= 15 is 0 Å². The van der Waals surface area contributed by atoms with Gasteiger partial charge in [-0.1, -0.05) is 66.3 Å². The van der Waals surface area contributed by atoms with Gasteiger partial charge >= 0.3 is 0 Å². The molecule has 0 saturated carbocycles. The Balaban J connectivity index is 2.44. The van der Waals surface area contributed by atoms with Crippen LogP contribution in [0.1, 0.15) is 26.3 Å². The van der Waals surface area contributed by atoms with Gasteiger partial charge in [0.25, 0.3) is 0 Å². The number of carbonyl (C=O) groups is 2. The van der Waals surface area contributed by atoms with Gasteiger partial charge in [-0.2, -0.15) is 0 Å². The lowest BCUT2D eigenvalue weighted by Gasteiger charge is -2.32. The first-order valence-electron chi connectivity index (χ1n) is 10.6. The molecule has 1 N–H and O–H groups in total. The van der Waals surface area contributed by atoms with Gasteiger partial charge in [-0.05, 0) is 48.7 Å². The highest BCUT2D eigenvalue weighted by Gasteiger charge is 2.31. The number of amides is 2. The molecule has 0 aliphatic rings. The normalized spacial score (nSPS) is 12.4. The van der Waals surface area contributed by atoms with E-state index in [0.29, 0.717) is 27.2 Å². The summed E-state index contributed by atoms with van der Waals surface area (Å²) in [6, 6.07) is 8.14. The zero-order valence-corrected chi connectivity index (χ0v) is 23.5. The predicted octanol–water partition coefficient (Wildman–Crippen LogP) is 5.26. The van der Waals surface area contributed by atoms with Crippen LogP contribution in [0.2, 0.25) is 20.1 Å². The van der Waals surface area contributed by atoms with Crippen molar-refractivity contribution < 1.29 is 18.0 Å². The topological polar surface area (TPSA) is 86.8 Å². The van der Waals surface area contributed by atoms with Crippen LogP contribution in [0.25, 0.3) is 0 Å². The molecule has 0 bridgehead atoms. The number of hydrogen-bond acceptors (Lipinski definition) is 4. The van der Waals surface area contributed by atoms with Crippen LogP contribution >= 0.6 is 46.4 Å². The Morgan fingerprint density at radius 2 is 1.51 bits per heavy atom. The number of anilines is 1. The lowest BCUT2D eigenvalue weighted by molar-refractivity contribution is -0.139. The molecule has 35 heavy (non-hydrogen) atoms. The third-order valence-electron chi connectivity index (χ3n) is 5.07. The molecule has 2 aromatic carbocycles. The second-order valence-electron chi connectivity index (χ2n) is 8.44. The van der Waals surface area contributed by atoms with Gasteiger partial charge in [0, 0.05) is 28.2 Å². The van der Waals surface area contributed by atoms with Crippen LogP contribution in [0, 0.1) is 5.92 Å². The molecule has 2 amide bonds. The molecule has 192 valence electrons. The minimum atomic E-state index is -3.92. The summed E-state index contributed by atoms with van der Waals surface area (Å²) >= 11 is 24.5. The molecule has 0 fully saturated rings. The monoisotopic (exact) mass is 581 g/mol. The van der Waals surface area contributed by atoms with Crippen molar-refractivity contribution in [3.63, 3.8) is 0 Å². The molecule has 2 rings (SSSR count). The quantitative estimate of drug-likeness (QED) is 0.414. The predicted molar refractivity (Wildman–Crippen MR) is 143 cm³/mol. The van der Waals surface area contributed by atoms with E-state index in [1.54, 1.807) is 19.1 Å². The number of hydrogen-bond donors (Lipinski definition) is 1. The van der Waals surface area contributed by atoms with Crippen molar-refractivity contribution in [3.8, 4) is 0 Å². The lowest BCUT2D eigenvalue weighted by Crippen LogP contribution is -2.51. The smallest absolute Gasteiger partial charge is 0.244 e. The minimum Gasteiger partial charge on any atom is -0.354 e. The van der Waals surface area contributed by atoms with E-state index in [1.165, 1.54) is 29.2 Å². The van der Waals surface area contributed by atoms with Crippen molar-refractivity contribution in [1.29, 1.82) is 0 Å². The van der Waals surface area contributed by atoms with Crippen molar-refractivity contribution >= 4 is 73.9 Å². The average Bonchev–Trinajstić information content (AvgIpc) is 2.74. The maximum atomic E-state index is 13.5. The number of nitrogens with one attached hydrogen (secondary N) is 1. The molecule has 0 saturated heterocycles. The van der Waals surface area contributed by atoms with E-state index in [-0.39, 0.29) is 29.1 Å². The SMILES string of the molecule is CC(C)CNC(=O)[C@H](C)N(Cc1ccc(Cl)cc1Cl)C(=O)CN(c1ccc(Cl)cc1Cl)S(C)(=O)=O. The minimum absolute atomic E-state index is 0.0446. The van der Waals surface area contributed by atoms with Crippen LogP contribution in [-0.2, 0) is 26.2 Å². The second-order valence-corrected chi connectivity index (χ2v) is 12.0. The average molecular weight is 583 g/mol. The first-order chi connectivity index (χ1) is 16.2. The molecule has 0 aliphatic heterocycles. The van der Waals surface area contributed by atoms with Crippen molar-refractivity contribution in [1.82, 2.24) is 10.2 Å². The number of rotatable bonds is 10. The Morgan fingerprint density at radius 3 is 2.03 bits per heavy atom. The highest BCUT2D eigenvalue weighted by Crippen LogP contribution is 2.31. The largest absolute Gasteiger partial charge is 0.354 e. The van der Waals surface area contributed by atoms with Gasteiger partial charge in [0.05, 0.1) is 17.0 Å². The zero-order chi connectivity index (χ0) is 26.5. The van der Waals surface area contributed by atoms with E-state index in [2.05, 4.69) is 5.32 Å². The summed E-state index contributed by atoms with van der Waals surface area (Å²) in [6.07, 6.45) is 0.963. The van der Waals surface area contributed by atoms with Gasteiger partial charge in [-0.3, -0.25) is 13.9 Å². The number of nitrogens with zero attached hydrogens (tertiary/aromatic N) is 2. The number of carbonyl (C=O) groups excluding carboxylic acids is 2. The first-order valence-corrected chi connectivity index (χ1v) is 14.0. The number of halogens is 4. The molecular weight excluding hydrogens is 556 g/mol. The summed E-state index contributed by atoms with van der Waals surface area (Å²) in [4.78, 5) is 27.6. The molecule has 2 aromatic rings. The van der Waals surface area contributed by atoms with Gasteiger partial charge in [-0.25, -0.2) is 8.42 Å².